The summed E-state index contributed by atoms with van der Waals surface area (Å²) in [6, 6.07) is 2.33. The first-order chi connectivity index (χ1) is 8.58. The predicted molar refractivity (Wildman–Crippen MR) is 73.3 cm³/mol. The summed E-state index contributed by atoms with van der Waals surface area (Å²) in [7, 11) is 0. The summed E-state index contributed by atoms with van der Waals surface area (Å²) in [5.41, 5.74) is 7.93. The number of aryl methyl sites for hydroxylation is 3. The highest BCUT2D eigenvalue weighted by Crippen LogP contribution is 2.24. The highest BCUT2D eigenvalue weighted by atomic mass is 16.7. The molecule has 1 aliphatic rings. The summed E-state index contributed by atoms with van der Waals surface area (Å²) in [6.45, 7) is 8.39. The van der Waals surface area contributed by atoms with Crippen molar-refractivity contribution >= 4 is 0 Å². The third-order valence-corrected chi connectivity index (χ3v) is 3.73. The van der Waals surface area contributed by atoms with Crippen molar-refractivity contribution in [2.24, 2.45) is 0 Å². The Morgan fingerprint density at radius 3 is 2.56 bits per heavy atom. The summed E-state index contributed by atoms with van der Waals surface area (Å²) >= 11 is 0. The fourth-order valence-corrected chi connectivity index (χ4v) is 2.95. The predicted octanol–water partition coefficient (Wildman–Crippen LogP) is 3.53. The van der Waals surface area contributed by atoms with Gasteiger partial charge in [0.2, 0.25) is 0 Å². The highest BCUT2D eigenvalue weighted by Gasteiger charge is 2.18. The number of nitrogens with one attached hydrogen (secondary N) is 1. The fraction of sp³-hybridized carbons (Fsp3) is 0.667. The molecule has 1 fully saturated rings. The van der Waals surface area contributed by atoms with Crippen molar-refractivity contribution in [3.05, 3.63) is 28.6 Å². The van der Waals surface area contributed by atoms with E-state index < -0.39 is 0 Å². The summed E-state index contributed by atoms with van der Waals surface area (Å²) in [5.74, 6) is 0. The van der Waals surface area contributed by atoms with E-state index in [4.69, 9.17) is 4.84 Å². The minimum atomic E-state index is 0.193. The normalized spacial score (nSPS) is 18.2. The van der Waals surface area contributed by atoms with Gasteiger partial charge in [0.05, 0.1) is 12.1 Å². The van der Waals surface area contributed by atoms with Crippen molar-refractivity contribution in [1.29, 1.82) is 0 Å². The third kappa shape index (κ3) is 3.09. The summed E-state index contributed by atoms with van der Waals surface area (Å²) < 4.78 is 0. The number of hydrogen-bond acceptors (Lipinski definition) is 3. The Balaban J connectivity index is 2.01. The number of rotatable bonds is 4. The summed E-state index contributed by atoms with van der Waals surface area (Å²) in [4.78, 5) is 10.3. The molecule has 0 bridgehead atoms. The maximum absolute atomic E-state index is 5.78. The van der Waals surface area contributed by atoms with E-state index in [0.717, 1.165) is 11.4 Å². The average Bonchev–Trinajstić information content (AvgIpc) is 2.77. The molecule has 0 amide bonds. The zero-order valence-electron chi connectivity index (χ0n) is 11.9. The number of aromatic nitrogens is 1. The molecule has 0 radical (unpaired) electrons. The molecule has 0 aromatic carbocycles. The Labute approximate surface area is 110 Å². The molecule has 0 saturated heterocycles. The molecule has 1 aliphatic carbocycles. The van der Waals surface area contributed by atoms with Gasteiger partial charge in [0.1, 0.15) is 0 Å². The Hall–Kier alpha value is -0.930. The quantitative estimate of drug-likeness (QED) is 0.828. The van der Waals surface area contributed by atoms with Gasteiger partial charge in [-0.2, -0.15) is 5.48 Å². The zero-order valence-corrected chi connectivity index (χ0v) is 11.9. The van der Waals surface area contributed by atoms with Gasteiger partial charge >= 0.3 is 0 Å². The van der Waals surface area contributed by atoms with Crippen molar-refractivity contribution in [3.63, 3.8) is 0 Å². The molecular weight excluding hydrogens is 224 g/mol. The van der Waals surface area contributed by atoms with Crippen molar-refractivity contribution in [1.82, 2.24) is 10.5 Å². The molecule has 1 aromatic rings. The van der Waals surface area contributed by atoms with Gasteiger partial charge in [0.15, 0.2) is 0 Å². The van der Waals surface area contributed by atoms with E-state index in [-0.39, 0.29) is 6.04 Å². The lowest BCUT2D eigenvalue weighted by atomic mass is 10.0. The lowest BCUT2D eigenvalue weighted by molar-refractivity contribution is -0.0379. The maximum Gasteiger partial charge on any atom is 0.0790 e. The lowest BCUT2D eigenvalue weighted by Gasteiger charge is -2.21. The molecule has 0 spiro atoms. The summed E-state index contributed by atoms with van der Waals surface area (Å²) in [5, 5.41) is 0. The van der Waals surface area contributed by atoms with E-state index in [1.807, 2.05) is 6.92 Å². The number of hydrogen-bond donors (Lipinski definition) is 1. The molecule has 1 unspecified atom stereocenters. The van der Waals surface area contributed by atoms with Crippen LogP contribution < -0.4 is 5.48 Å². The van der Waals surface area contributed by atoms with Gasteiger partial charge in [-0.1, -0.05) is 12.8 Å². The molecule has 0 aliphatic heterocycles. The largest absolute Gasteiger partial charge is 0.298 e. The van der Waals surface area contributed by atoms with Gasteiger partial charge in [-0.15, -0.1) is 0 Å². The van der Waals surface area contributed by atoms with E-state index in [0.29, 0.717) is 6.10 Å². The molecule has 1 N–H and O–H groups in total. The number of pyridine rings is 1. The molecule has 2 rings (SSSR count). The van der Waals surface area contributed by atoms with Crippen LogP contribution in [0.15, 0.2) is 6.07 Å². The van der Waals surface area contributed by atoms with E-state index >= 15 is 0 Å². The SMILES string of the molecule is Cc1cc(C)c(C(C)NOC2CCCC2)c(C)n1. The molecule has 1 aromatic heterocycles. The van der Waals surface area contributed by atoms with Gasteiger partial charge in [-0.3, -0.25) is 9.82 Å². The number of hydroxylamine groups is 1. The molecule has 18 heavy (non-hydrogen) atoms. The van der Waals surface area contributed by atoms with E-state index in [2.05, 4.69) is 37.3 Å². The van der Waals surface area contributed by atoms with Gasteiger partial charge in [0.25, 0.3) is 0 Å². The van der Waals surface area contributed by atoms with Crippen LogP contribution in [0.4, 0.5) is 0 Å². The van der Waals surface area contributed by atoms with Gasteiger partial charge < -0.3 is 0 Å². The third-order valence-electron chi connectivity index (χ3n) is 3.73. The molecule has 1 saturated carbocycles. The van der Waals surface area contributed by atoms with Crippen molar-refractivity contribution in [3.8, 4) is 0 Å². The topological polar surface area (TPSA) is 34.1 Å². The van der Waals surface area contributed by atoms with Crippen LogP contribution >= 0.6 is 0 Å². The van der Waals surface area contributed by atoms with Crippen LogP contribution in [0.2, 0.25) is 0 Å². The van der Waals surface area contributed by atoms with Crippen LogP contribution in [0.1, 0.15) is 61.2 Å². The average molecular weight is 248 g/mol. The van der Waals surface area contributed by atoms with Gasteiger partial charge in [-0.25, -0.2) is 0 Å². The minimum Gasteiger partial charge on any atom is -0.298 e. The maximum atomic E-state index is 5.78. The van der Waals surface area contributed by atoms with Crippen LogP contribution in [0.3, 0.4) is 0 Å². The fourth-order valence-electron chi connectivity index (χ4n) is 2.95. The smallest absolute Gasteiger partial charge is 0.0790 e. The van der Waals surface area contributed by atoms with E-state index in [1.165, 1.54) is 36.8 Å². The Morgan fingerprint density at radius 2 is 1.94 bits per heavy atom. The Morgan fingerprint density at radius 1 is 1.28 bits per heavy atom. The lowest BCUT2D eigenvalue weighted by Crippen LogP contribution is -2.26. The van der Waals surface area contributed by atoms with E-state index in [9.17, 15) is 0 Å². The molecule has 1 atom stereocenters. The van der Waals surface area contributed by atoms with Crippen LogP contribution in [-0.4, -0.2) is 11.1 Å². The first-order valence-corrected chi connectivity index (χ1v) is 6.94. The second kappa shape index (κ2) is 5.81. The first-order valence-electron chi connectivity index (χ1n) is 6.94. The van der Waals surface area contributed by atoms with Gasteiger partial charge in [0, 0.05) is 11.4 Å². The molecule has 1 heterocycles. The van der Waals surface area contributed by atoms with E-state index in [1.54, 1.807) is 0 Å². The van der Waals surface area contributed by atoms with Crippen LogP contribution in [0, 0.1) is 20.8 Å². The molecular formula is C15H24N2O. The van der Waals surface area contributed by atoms with Crippen LogP contribution in [0.25, 0.3) is 0 Å². The molecule has 3 nitrogen and oxygen atoms in total. The molecule has 3 heteroatoms. The van der Waals surface area contributed by atoms with Crippen LogP contribution in [-0.2, 0) is 4.84 Å². The van der Waals surface area contributed by atoms with Gasteiger partial charge in [-0.05, 0) is 57.7 Å². The van der Waals surface area contributed by atoms with Crippen molar-refractivity contribution in [2.45, 2.75) is 65.5 Å². The summed E-state index contributed by atoms with van der Waals surface area (Å²) in [6.07, 6.45) is 5.36. The minimum absolute atomic E-state index is 0.193. The second-order valence-electron chi connectivity index (χ2n) is 5.44. The zero-order chi connectivity index (χ0) is 13.1. The molecule has 100 valence electrons. The highest BCUT2D eigenvalue weighted by molar-refractivity contribution is 5.33. The van der Waals surface area contributed by atoms with Crippen LogP contribution in [0.5, 0.6) is 0 Å². The monoisotopic (exact) mass is 248 g/mol. The Bertz CT molecular complexity index is 388. The van der Waals surface area contributed by atoms with Crippen molar-refractivity contribution in [2.75, 3.05) is 0 Å². The Kier molecular flexibility index (Phi) is 4.36. The first kappa shape index (κ1) is 13.5. The number of nitrogens with zero attached hydrogens (tertiary/aromatic N) is 1. The second-order valence-corrected chi connectivity index (χ2v) is 5.44. The van der Waals surface area contributed by atoms with Crippen molar-refractivity contribution < 1.29 is 4.84 Å². The standard InChI is InChI=1S/C15H24N2O/c1-10-9-11(2)16-12(3)15(10)13(4)17-18-14-7-5-6-8-14/h9,13-14,17H,5-8H2,1-4H3.